The summed E-state index contributed by atoms with van der Waals surface area (Å²) in [5.41, 5.74) is 0.998. The van der Waals surface area contributed by atoms with Gasteiger partial charge in [-0.1, -0.05) is 6.07 Å². The lowest BCUT2D eigenvalue weighted by atomic mass is 10.1. The summed E-state index contributed by atoms with van der Waals surface area (Å²) >= 11 is 0. The van der Waals surface area contributed by atoms with E-state index < -0.39 is 0 Å². The third-order valence-electron chi connectivity index (χ3n) is 3.08. The standard InChI is InChI=1S/C13H19FN2O/c1-10-8-16(6-5-15-10)9-11-3-4-13(17-2)12(14)7-11/h3-4,7,10,15H,5-6,8-9H2,1-2H3. The average molecular weight is 238 g/mol. The molecule has 2 rings (SSSR count). The van der Waals surface area contributed by atoms with Crippen LogP contribution in [0.3, 0.4) is 0 Å². The van der Waals surface area contributed by atoms with Crippen molar-refractivity contribution in [3.05, 3.63) is 29.6 Å². The summed E-state index contributed by atoms with van der Waals surface area (Å²) in [5.74, 6) is 0.0237. The summed E-state index contributed by atoms with van der Waals surface area (Å²) in [6.07, 6.45) is 0. The Balaban J connectivity index is 2.00. The van der Waals surface area contributed by atoms with Gasteiger partial charge in [-0.3, -0.25) is 4.90 Å². The minimum Gasteiger partial charge on any atom is -0.494 e. The quantitative estimate of drug-likeness (QED) is 0.866. The highest BCUT2D eigenvalue weighted by molar-refractivity contribution is 5.29. The Morgan fingerprint density at radius 2 is 2.35 bits per heavy atom. The van der Waals surface area contributed by atoms with E-state index in [1.165, 1.54) is 7.11 Å². The van der Waals surface area contributed by atoms with Gasteiger partial charge in [0.2, 0.25) is 0 Å². The van der Waals surface area contributed by atoms with E-state index in [9.17, 15) is 4.39 Å². The maximum absolute atomic E-state index is 13.5. The van der Waals surface area contributed by atoms with Gasteiger partial charge in [0, 0.05) is 32.2 Å². The van der Waals surface area contributed by atoms with Crippen LogP contribution >= 0.6 is 0 Å². The molecule has 1 aromatic rings. The van der Waals surface area contributed by atoms with Crippen molar-refractivity contribution in [3.63, 3.8) is 0 Å². The number of methoxy groups -OCH3 is 1. The van der Waals surface area contributed by atoms with Crippen molar-refractivity contribution in [1.82, 2.24) is 10.2 Å². The fraction of sp³-hybridized carbons (Fsp3) is 0.538. The minimum absolute atomic E-state index is 0.284. The first-order valence-corrected chi connectivity index (χ1v) is 5.97. The molecule has 1 unspecified atom stereocenters. The van der Waals surface area contributed by atoms with Crippen molar-refractivity contribution in [2.24, 2.45) is 0 Å². The average Bonchev–Trinajstić information content (AvgIpc) is 2.29. The van der Waals surface area contributed by atoms with Gasteiger partial charge in [-0.2, -0.15) is 0 Å². The van der Waals surface area contributed by atoms with E-state index in [2.05, 4.69) is 17.1 Å². The Morgan fingerprint density at radius 3 is 3.00 bits per heavy atom. The van der Waals surface area contributed by atoms with Crippen LogP contribution in [0, 0.1) is 5.82 Å². The Labute approximate surface area is 102 Å². The molecule has 1 aliphatic rings. The van der Waals surface area contributed by atoms with E-state index >= 15 is 0 Å². The molecular weight excluding hydrogens is 219 g/mol. The van der Waals surface area contributed by atoms with Crippen LogP contribution in [0.15, 0.2) is 18.2 Å². The highest BCUT2D eigenvalue weighted by atomic mass is 19.1. The molecule has 1 fully saturated rings. The van der Waals surface area contributed by atoms with Crippen LogP contribution in [0.25, 0.3) is 0 Å². The zero-order chi connectivity index (χ0) is 12.3. The lowest BCUT2D eigenvalue weighted by Crippen LogP contribution is -2.48. The van der Waals surface area contributed by atoms with Crippen LogP contribution in [0.2, 0.25) is 0 Å². The summed E-state index contributed by atoms with van der Waals surface area (Å²) in [6.45, 7) is 5.99. The number of hydrogen-bond donors (Lipinski definition) is 1. The van der Waals surface area contributed by atoms with Gasteiger partial charge in [0.1, 0.15) is 0 Å². The molecule has 1 saturated heterocycles. The molecule has 1 N–H and O–H groups in total. The summed E-state index contributed by atoms with van der Waals surface area (Å²) < 4.78 is 18.4. The van der Waals surface area contributed by atoms with Crippen molar-refractivity contribution >= 4 is 0 Å². The highest BCUT2D eigenvalue weighted by Gasteiger charge is 2.16. The van der Waals surface area contributed by atoms with E-state index in [0.29, 0.717) is 11.8 Å². The van der Waals surface area contributed by atoms with E-state index in [0.717, 1.165) is 31.7 Å². The monoisotopic (exact) mass is 238 g/mol. The lowest BCUT2D eigenvalue weighted by Gasteiger charge is -2.31. The largest absolute Gasteiger partial charge is 0.494 e. The number of nitrogens with one attached hydrogen (secondary N) is 1. The molecule has 0 aromatic heterocycles. The third kappa shape index (κ3) is 3.17. The number of ether oxygens (including phenoxy) is 1. The number of benzene rings is 1. The lowest BCUT2D eigenvalue weighted by molar-refractivity contribution is 0.199. The van der Waals surface area contributed by atoms with Gasteiger partial charge in [-0.25, -0.2) is 4.39 Å². The van der Waals surface area contributed by atoms with Crippen molar-refractivity contribution in [3.8, 4) is 5.75 Å². The SMILES string of the molecule is COc1ccc(CN2CCNC(C)C2)cc1F. The van der Waals surface area contributed by atoms with Gasteiger partial charge in [-0.15, -0.1) is 0 Å². The molecule has 17 heavy (non-hydrogen) atoms. The van der Waals surface area contributed by atoms with Gasteiger partial charge in [0.25, 0.3) is 0 Å². The predicted molar refractivity (Wildman–Crippen MR) is 65.7 cm³/mol. The third-order valence-corrected chi connectivity index (χ3v) is 3.08. The number of hydrogen-bond acceptors (Lipinski definition) is 3. The zero-order valence-corrected chi connectivity index (χ0v) is 10.4. The molecule has 0 spiro atoms. The molecule has 0 aliphatic carbocycles. The highest BCUT2D eigenvalue weighted by Crippen LogP contribution is 2.18. The van der Waals surface area contributed by atoms with Crippen LogP contribution < -0.4 is 10.1 Å². The Hall–Kier alpha value is -1.13. The van der Waals surface area contributed by atoms with Gasteiger partial charge in [-0.05, 0) is 24.6 Å². The zero-order valence-electron chi connectivity index (χ0n) is 10.4. The Bertz CT molecular complexity index is 384. The molecule has 0 amide bonds. The Morgan fingerprint density at radius 1 is 1.53 bits per heavy atom. The molecule has 3 nitrogen and oxygen atoms in total. The van der Waals surface area contributed by atoms with Crippen molar-refractivity contribution in [1.29, 1.82) is 0 Å². The molecular formula is C13H19FN2O. The van der Waals surface area contributed by atoms with E-state index in [1.54, 1.807) is 12.1 Å². The van der Waals surface area contributed by atoms with Crippen LogP contribution in [0.1, 0.15) is 12.5 Å². The maximum atomic E-state index is 13.5. The molecule has 1 atom stereocenters. The van der Waals surface area contributed by atoms with Gasteiger partial charge in [0.05, 0.1) is 7.11 Å². The number of piperazine rings is 1. The molecule has 1 heterocycles. The second kappa shape index (κ2) is 5.47. The molecule has 0 bridgehead atoms. The Kier molecular flexibility index (Phi) is 3.97. The summed E-state index contributed by atoms with van der Waals surface area (Å²) in [6, 6.07) is 5.68. The van der Waals surface area contributed by atoms with Gasteiger partial charge >= 0.3 is 0 Å². The summed E-state index contributed by atoms with van der Waals surface area (Å²) in [7, 11) is 1.48. The first-order chi connectivity index (χ1) is 8.19. The second-order valence-corrected chi connectivity index (χ2v) is 4.56. The second-order valence-electron chi connectivity index (χ2n) is 4.56. The molecule has 1 aliphatic heterocycles. The predicted octanol–water partition coefficient (Wildman–Crippen LogP) is 1.63. The van der Waals surface area contributed by atoms with Crippen LogP contribution in [0.5, 0.6) is 5.75 Å². The van der Waals surface area contributed by atoms with Crippen molar-refractivity contribution < 1.29 is 9.13 Å². The van der Waals surface area contributed by atoms with Crippen molar-refractivity contribution in [2.45, 2.75) is 19.5 Å². The molecule has 94 valence electrons. The van der Waals surface area contributed by atoms with Gasteiger partial charge in [0.15, 0.2) is 11.6 Å². The molecule has 4 heteroatoms. The number of nitrogens with zero attached hydrogens (tertiary/aromatic N) is 1. The van der Waals surface area contributed by atoms with Gasteiger partial charge < -0.3 is 10.1 Å². The van der Waals surface area contributed by atoms with Crippen molar-refractivity contribution in [2.75, 3.05) is 26.7 Å². The maximum Gasteiger partial charge on any atom is 0.165 e. The number of halogens is 1. The fourth-order valence-corrected chi connectivity index (χ4v) is 2.22. The fourth-order valence-electron chi connectivity index (χ4n) is 2.22. The first-order valence-electron chi connectivity index (χ1n) is 5.97. The summed E-state index contributed by atoms with van der Waals surface area (Å²) in [5, 5.41) is 3.39. The molecule has 0 saturated carbocycles. The molecule has 0 radical (unpaired) electrons. The van der Waals surface area contributed by atoms with E-state index in [-0.39, 0.29) is 5.82 Å². The number of rotatable bonds is 3. The topological polar surface area (TPSA) is 24.5 Å². The van der Waals surface area contributed by atoms with E-state index in [4.69, 9.17) is 4.74 Å². The smallest absolute Gasteiger partial charge is 0.165 e. The molecule has 1 aromatic carbocycles. The first kappa shape index (κ1) is 12.3. The van der Waals surface area contributed by atoms with Crippen LogP contribution in [-0.4, -0.2) is 37.7 Å². The van der Waals surface area contributed by atoms with E-state index in [1.807, 2.05) is 6.07 Å². The van der Waals surface area contributed by atoms with Crippen LogP contribution in [0.4, 0.5) is 4.39 Å². The summed E-state index contributed by atoms with van der Waals surface area (Å²) in [4.78, 5) is 2.34. The minimum atomic E-state index is -0.284. The van der Waals surface area contributed by atoms with Crippen LogP contribution in [-0.2, 0) is 6.54 Å². The normalized spacial score (nSPS) is 21.5.